The van der Waals surface area contributed by atoms with E-state index in [1.807, 2.05) is 48.5 Å². The van der Waals surface area contributed by atoms with Crippen LogP contribution in [0.5, 0.6) is 34.5 Å². The molecule has 69 heavy (non-hydrogen) atoms. The van der Waals surface area contributed by atoms with Gasteiger partial charge in [0, 0.05) is 71.8 Å². The fourth-order valence-corrected chi connectivity index (χ4v) is 10.3. The number of aliphatic hydroxyl groups excluding tert-OH is 4. The van der Waals surface area contributed by atoms with Crippen molar-refractivity contribution in [2.24, 2.45) is 0 Å². The van der Waals surface area contributed by atoms with Crippen LogP contribution >= 0.6 is 0 Å². The van der Waals surface area contributed by atoms with Gasteiger partial charge in [-0.1, -0.05) is 6.07 Å². The Kier molecular flexibility index (Phi) is 17.8. The molecule has 0 aliphatic carbocycles. The zero-order chi connectivity index (χ0) is 49.9. The van der Waals surface area contributed by atoms with Crippen molar-refractivity contribution >= 4 is 11.9 Å². The highest BCUT2D eigenvalue weighted by Crippen LogP contribution is 2.46. The average Bonchev–Trinajstić information content (AvgIpc) is 3.37. The number of esters is 2. The predicted molar refractivity (Wildman–Crippen MR) is 255 cm³/mol. The normalized spacial score (nSPS) is 19.2. The van der Waals surface area contributed by atoms with E-state index in [0.717, 1.165) is 46.3 Å². The molecule has 0 spiro atoms. The molecule has 4 aromatic carbocycles. The lowest BCUT2D eigenvalue weighted by atomic mass is 9.83. The number of aliphatic hydroxyl groups is 4. The molecule has 2 aliphatic heterocycles. The van der Waals surface area contributed by atoms with Crippen molar-refractivity contribution in [1.29, 1.82) is 0 Å². The predicted octanol–water partition coefficient (Wildman–Crippen LogP) is 4.66. The van der Waals surface area contributed by atoms with E-state index in [4.69, 9.17) is 37.9 Å². The molecular weight excluding hydrogens is 889 g/mol. The van der Waals surface area contributed by atoms with Crippen molar-refractivity contribution < 1.29 is 76.9 Å². The lowest BCUT2D eigenvalue weighted by Gasteiger charge is -2.46. The first kappa shape index (κ1) is 52.3. The first-order chi connectivity index (χ1) is 33.3. The summed E-state index contributed by atoms with van der Waals surface area (Å²) in [7, 11) is 13.7. The third-order valence-electron chi connectivity index (χ3n) is 13.9. The number of rotatable bonds is 21. The second-order valence-electron chi connectivity index (χ2n) is 18.0. The molecule has 6 rings (SSSR count). The van der Waals surface area contributed by atoms with Gasteiger partial charge < -0.3 is 67.3 Å². The number of hydrogen-bond acceptors (Lipinski definition) is 14. The summed E-state index contributed by atoms with van der Waals surface area (Å²) >= 11 is 0. The Morgan fingerprint density at radius 2 is 1.04 bits per heavy atom. The second-order valence-corrected chi connectivity index (χ2v) is 18.0. The van der Waals surface area contributed by atoms with Crippen LogP contribution in [0.2, 0.25) is 0 Å². The van der Waals surface area contributed by atoms with Crippen molar-refractivity contribution in [2.45, 2.75) is 70.6 Å². The molecule has 0 amide bonds. The van der Waals surface area contributed by atoms with Crippen molar-refractivity contribution in [1.82, 2.24) is 0 Å². The van der Waals surface area contributed by atoms with Gasteiger partial charge in [-0.05, 0) is 70.3 Å². The number of quaternary nitrogens is 2. The summed E-state index contributed by atoms with van der Waals surface area (Å²) in [5.41, 5.74) is 8.62. The number of likely N-dealkylation sites (N-methyl/N-ethyl adjacent to an activating group) is 2. The molecule has 2 aliphatic rings. The summed E-state index contributed by atoms with van der Waals surface area (Å²) in [4.78, 5) is 25.6. The molecule has 16 nitrogen and oxygen atoms in total. The SMILES string of the molecule is COc1cc2c(cc1OC)C(Cc1cc(CO)c(OC)c(OC)c1)[N+](C)(CCCOC(=O)C#CC(=O)OCCC[N+]1(C)CCc3cc(CO)c(CO)cc3C1c1cc(CO)c(OC)c(OC)c1)CC2. The summed E-state index contributed by atoms with van der Waals surface area (Å²) in [6, 6.07) is 15.3. The smallest absolute Gasteiger partial charge is 0.384 e. The quantitative estimate of drug-likeness (QED) is 0.0297. The Bertz CT molecular complexity index is 2480. The van der Waals surface area contributed by atoms with Crippen LogP contribution in [-0.2, 0) is 64.8 Å². The molecule has 372 valence electrons. The fraction of sp³-hybridized carbons (Fsp3) is 0.472. The number of carbonyl (C=O) groups excluding carboxylic acids is 2. The van der Waals surface area contributed by atoms with E-state index >= 15 is 0 Å². The van der Waals surface area contributed by atoms with E-state index in [1.165, 1.54) is 7.11 Å². The van der Waals surface area contributed by atoms with E-state index in [-0.39, 0.29) is 51.7 Å². The standard InChI is InChI=1S/C53H68N2O14/c1-54(17-13-36-27-45(62-3)46(63-4)29-42(36)44(54)22-34-21-40(32-58)52(66-7)47(23-34)64-5)15-9-19-68-49(60)11-12-50(61)69-20-10-16-55(2)18-14-35-24-38(30-56)39(31-57)26-43(35)51(55)37-25-41(33-59)53(67-8)48(28-37)65-6/h21,23-29,44,51,56-59H,9-10,13-20,22,30-33H2,1-8H3/q+2. The largest absolute Gasteiger partial charge is 0.493 e. The Hall–Kier alpha value is -6.06. The lowest BCUT2D eigenvalue weighted by Crippen LogP contribution is -2.52. The highest BCUT2D eigenvalue weighted by Gasteiger charge is 2.42. The van der Waals surface area contributed by atoms with Gasteiger partial charge in [-0.3, -0.25) is 0 Å². The van der Waals surface area contributed by atoms with Crippen LogP contribution in [-0.4, -0.2) is 137 Å². The monoisotopic (exact) mass is 956 g/mol. The van der Waals surface area contributed by atoms with Crippen molar-refractivity contribution in [3.63, 3.8) is 0 Å². The minimum absolute atomic E-state index is 0.0473. The van der Waals surface area contributed by atoms with E-state index < -0.39 is 11.9 Å². The van der Waals surface area contributed by atoms with Crippen LogP contribution in [0.15, 0.2) is 48.5 Å². The van der Waals surface area contributed by atoms with Gasteiger partial charge in [-0.25, -0.2) is 9.59 Å². The molecule has 0 saturated heterocycles. The van der Waals surface area contributed by atoms with Gasteiger partial charge in [-0.2, -0.15) is 0 Å². The average molecular weight is 957 g/mol. The Morgan fingerprint density at radius 3 is 1.59 bits per heavy atom. The summed E-state index contributed by atoms with van der Waals surface area (Å²) in [6.07, 6.45) is 3.10. The van der Waals surface area contributed by atoms with Gasteiger partial charge in [0.15, 0.2) is 34.5 Å². The van der Waals surface area contributed by atoms with E-state index in [2.05, 4.69) is 25.9 Å². The highest BCUT2D eigenvalue weighted by molar-refractivity contribution is 5.98. The van der Waals surface area contributed by atoms with Crippen molar-refractivity contribution in [3.05, 3.63) is 104 Å². The van der Waals surface area contributed by atoms with Gasteiger partial charge >= 0.3 is 11.9 Å². The lowest BCUT2D eigenvalue weighted by molar-refractivity contribution is -0.941. The minimum Gasteiger partial charge on any atom is -0.493 e. The molecule has 4 N–H and O–H groups in total. The molecule has 4 atom stereocenters. The third-order valence-corrected chi connectivity index (χ3v) is 13.9. The maximum atomic E-state index is 12.8. The zero-order valence-electron chi connectivity index (χ0n) is 41.1. The number of nitrogens with zero attached hydrogens (tertiary/aromatic N) is 2. The molecule has 4 unspecified atom stereocenters. The molecule has 4 aromatic rings. The van der Waals surface area contributed by atoms with Crippen LogP contribution in [0, 0.1) is 11.8 Å². The van der Waals surface area contributed by atoms with Crippen molar-refractivity contribution in [3.8, 4) is 46.3 Å². The Labute approximate surface area is 405 Å². The summed E-state index contributed by atoms with van der Waals surface area (Å²) in [5.74, 6) is 6.12. The van der Waals surface area contributed by atoms with Gasteiger partial charge in [0.1, 0.15) is 12.1 Å². The molecule has 0 saturated carbocycles. The Balaban J connectivity index is 1.09. The van der Waals surface area contributed by atoms with Gasteiger partial charge in [0.05, 0.1) is 123 Å². The van der Waals surface area contributed by atoms with E-state index in [0.29, 0.717) is 111 Å². The van der Waals surface area contributed by atoms with Gasteiger partial charge in [0.2, 0.25) is 0 Å². The maximum Gasteiger partial charge on any atom is 0.384 e. The summed E-state index contributed by atoms with van der Waals surface area (Å²) in [5, 5.41) is 40.8. The number of fused-ring (bicyclic) bond motifs is 2. The van der Waals surface area contributed by atoms with Crippen LogP contribution in [0.4, 0.5) is 0 Å². The molecule has 0 radical (unpaired) electrons. The molecule has 16 heteroatoms. The fourth-order valence-electron chi connectivity index (χ4n) is 10.3. The van der Waals surface area contributed by atoms with E-state index in [9.17, 15) is 30.0 Å². The number of ether oxygens (including phenoxy) is 8. The maximum absolute atomic E-state index is 12.8. The van der Waals surface area contributed by atoms with Crippen molar-refractivity contribution in [2.75, 3.05) is 96.1 Å². The summed E-state index contributed by atoms with van der Waals surface area (Å²) in [6.45, 7) is 1.97. The second kappa shape index (κ2) is 23.5. The molecule has 0 bridgehead atoms. The topological polar surface area (TPSA) is 189 Å². The van der Waals surface area contributed by atoms with E-state index in [1.54, 1.807) is 35.5 Å². The third kappa shape index (κ3) is 11.5. The van der Waals surface area contributed by atoms with Gasteiger partial charge in [-0.15, -0.1) is 0 Å². The molecule has 2 heterocycles. The molecule has 0 aromatic heterocycles. The summed E-state index contributed by atoms with van der Waals surface area (Å²) < 4.78 is 45.9. The number of benzene rings is 4. The minimum atomic E-state index is -0.841. The molecule has 0 fully saturated rings. The number of carbonyl (C=O) groups is 2. The number of methoxy groups -OCH3 is 6. The zero-order valence-corrected chi connectivity index (χ0v) is 41.1. The number of hydrogen-bond donors (Lipinski definition) is 4. The first-order valence-electron chi connectivity index (χ1n) is 23.1. The first-order valence-corrected chi connectivity index (χ1v) is 23.1. The van der Waals surface area contributed by atoms with Crippen LogP contribution in [0.1, 0.15) is 80.6 Å². The Morgan fingerprint density at radius 1 is 0.551 bits per heavy atom. The van der Waals surface area contributed by atoms with Gasteiger partial charge in [0.25, 0.3) is 0 Å². The van der Waals surface area contributed by atoms with Crippen LogP contribution < -0.4 is 28.4 Å². The van der Waals surface area contributed by atoms with Crippen LogP contribution in [0.25, 0.3) is 0 Å². The van der Waals surface area contributed by atoms with Crippen LogP contribution in [0.3, 0.4) is 0 Å². The highest BCUT2D eigenvalue weighted by atomic mass is 16.5. The molecular formula is C53H68N2O14+2.